The molecule has 128 valence electrons. The van der Waals surface area contributed by atoms with Gasteiger partial charge in [-0.05, 0) is 31.7 Å². The molecule has 2 aromatic heterocycles. The van der Waals surface area contributed by atoms with E-state index in [0.29, 0.717) is 11.0 Å². The standard InChI is InChI=1S/C19H20ClN5/c1-13-22-18(20)10-19(23-13)24-16-8-5-9-17-15(16)11-21-25(17)12-14-6-3-2-4-7-14/h2-4,6-7,10-11,16H,5,8-9,12H2,1H3,(H,22,23,24). The fourth-order valence-electron chi connectivity index (χ4n) is 3.44. The average Bonchev–Trinajstić information content (AvgIpc) is 2.99. The largest absolute Gasteiger partial charge is 0.363 e. The summed E-state index contributed by atoms with van der Waals surface area (Å²) < 4.78 is 2.12. The van der Waals surface area contributed by atoms with Crippen molar-refractivity contribution >= 4 is 17.4 Å². The van der Waals surface area contributed by atoms with Crippen LogP contribution in [0.3, 0.4) is 0 Å². The highest BCUT2D eigenvalue weighted by atomic mass is 35.5. The van der Waals surface area contributed by atoms with E-state index in [-0.39, 0.29) is 6.04 Å². The van der Waals surface area contributed by atoms with Crippen molar-refractivity contribution in [3.63, 3.8) is 0 Å². The van der Waals surface area contributed by atoms with Crippen molar-refractivity contribution in [1.29, 1.82) is 0 Å². The van der Waals surface area contributed by atoms with Crippen LogP contribution in [0.25, 0.3) is 0 Å². The van der Waals surface area contributed by atoms with Gasteiger partial charge in [-0.25, -0.2) is 9.97 Å². The molecule has 0 bridgehead atoms. The lowest BCUT2D eigenvalue weighted by atomic mass is 9.93. The monoisotopic (exact) mass is 353 g/mol. The summed E-state index contributed by atoms with van der Waals surface area (Å²) >= 11 is 6.05. The molecule has 3 aromatic rings. The lowest BCUT2D eigenvalue weighted by Crippen LogP contribution is -2.19. The van der Waals surface area contributed by atoms with Crippen molar-refractivity contribution in [2.45, 2.75) is 38.8 Å². The molecule has 5 nitrogen and oxygen atoms in total. The Morgan fingerprint density at radius 1 is 1.24 bits per heavy atom. The molecule has 0 amide bonds. The number of anilines is 1. The minimum absolute atomic E-state index is 0.207. The third-order valence-corrected chi connectivity index (χ3v) is 4.76. The topological polar surface area (TPSA) is 55.6 Å². The summed E-state index contributed by atoms with van der Waals surface area (Å²) in [7, 11) is 0. The van der Waals surface area contributed by atoms with Gasteiger partial charge in [-0.1, -0.05) is 41.9 Å². The van der Waals surface area contributed by atoms with Crippen LogP contribution in [0, 0.1) is 6.92 Å². The van der Waals surface area contributed by atoms with E-state index < -0.39 is 0 Å². The zero-order valence-electron chi connectivity index (χ0n) is 14.1. The van der Waals surface area contributed by atoms with E-state index in [9.17, 15) is 0 Å². The van der Waals surface area contributed by atoms with Crippen LogP contribution in [0.1, 0.15) is 41.5 Å². The number of rotatable bonds is 4. The molecule has 0 saturated carbocycles. The number of aromatic nitrogens is 4. The number of halogens is 1. The van der Waals surface area contributed by atoms with E-state index in [1.807, 2.05) is 19.2 Å². The maximum atomic E-state index is 6.05. The van der Waals surface area contributed by atoms with Crippen molar-refractivity contribution < 1.29 is 0 Å². The normalized spacial score (nSPS) is 16.5. The molecular weight excluding hydrogens is 334 g/mol. The van der Waals surface area contributed by atoms with Gasteiger partial charge in [0.15, 0.2) is 0 Å². The molecule has 6 heteroatoms. The van der Waals surface area contributed by atoms with Crippen molar-refractivity contribution in [2.75, 3.05) is 5.32 Å². The van der Waals surface area contributed by atoms with Gasteiger partial charge in [0, 0.05) is 17.3 Å². The molecule has 1 aliphatic rings. The Kier molecular flexibility index (Phi) is 4.40. The number of hydrogen-bond donors (Lipinski definition) is 1. The molecule has 0 radical (unpaired) electrons. The highest BCUT2D eigenvalue weighted by Crippen LogP contribution is 2.32. The summed E-state index contributed by atoms with van der Waals surface area (Å²) in [6, 6.07) is 12.4. The Hall–Kier alpha value is -2.40. The van der Waals surface area contributed by atoms with E-state index in [1.54, 1.807) is 6.07 Å². The number of nitrogens with zero attached hydrogens (tertiary/aromatic N) is 4. The summed E-state index contributed by atoms with van der Waals surface area (Å²) in [5, 5.41) is 8.61. The van der Waals surface area contributed by atoms with Gasteiger partial charge in [-0.15, -0.1) is 0 Å². The highest BCUT2D eigenvalue weighted by molar-refractivity contribution is 6.29. The molecule has 0 spiro atoms. The Morgan fingerprint density at radius 3 is 2.88 bits per heavy atom. The molecule has 1 aliphatic carbocycles. The van der Waals surface area contributed by atoms with Gasteiger partial charge in [-0.3, -0.25) is 4.68 Å². The van der Waals surface area contributed by atoms with Crippen molar-refractivity contribution in [3.8, 4) is 0 Å². The fourth-order valence-corrected chi connectivity index (χ4v) is 3.67. The molecule has 1 atom stereocenters. The van der Waals surface area contributed by atoms with Gasteiger partial charge in [0.25, 0.3) is 0 Å². The third kappa shape index (κ3) is 3.51. The molecular formula is C19H20ClN5. The van der Waals surface area contributed by atoms with Gasteiger partial charge in [0.05, 0.1) is 18.8 Å². The van der Waals surface area contributed by atoms with Crippen molar-refractivity contribution in [1.82, 2.24) is 19.7 Å². The molecule has 0 saturated heterocycles. The van der Waals surface area contributed by atoms with E-state index in [1.165, 1.54) is 16.8 Å². The first-order valence-corrected chi connectivity index (χ1v) is 8.93. The third-order valence-electron chi connectivity index (χ3n) is 4.57. The number of nitrogens with one attached hydrogen (secondary N) is 1. The average molecular weight is 354 g/mol. The zero-order chi connectivity index (χ0) is 17.2. The maximum Gasteiger partial charge on any atom is 0.134 e. The predicted octanol–water partition coefficient (Wildman–Crippen LogP) is 4.17. The van der Waals surface area contributed by atoms with Gasteiger partial charge >= 0.3 is 0 Å². The predicted molar refractivity (Wildman–Crippen MR) is 98.9 cm³/mol. The van der Waals surface area contributed by atoms with Gasteiger partial charge in [-0.2, -0.15) is 5.10 Å². The lowest BCUT2D eigenvalue weighted by molar-refractivity contribution is 0.555. The lowest BCUT2D eigenvalue weighted by Gasteiger charge is -2.25. The summed E-state index contributed by atoms with van der Waals surface area (Å²) in [6.45, 7) is 2.66. The van der Waals surface area contributed by atoms with E-state index >= 15 is 0 Å². The van der Waals surface area contributed by atoms with Crippen molar-refractivity contribution in [3.05, 3.63) is 70.4 Å². The Morgan fingerprint density at radius 2 is 2.08 bits per heavy atom. The van der Waals surface area contributed by atoms with Crippen LogP contribution in [0.2, 0.25) is 5.15 Å². The van der Waals surface area contributed by atoms with Gasteiger partial charge in [0.2, 0.25) is 0 Å². The smallest absolute Gasteiger partial charge is 0.134 e. The molecule has 0 aliphatic heterocycles. The number of hydrogen-bond acceptors (Lipinski definition) is 4. The van der Waals surface area contributed by atoms with Crippen LogP contribution in [-0.2, 0) is 13.0 Å². The first-order chi connectivity index (χ1) is 12.2. The summed E-state index contributed by atoms with van der Waals surface area (Å²) in [5.41, 5.74) is 3.83. The summed E-state index contributed by atoms with van der Waals surface area (Å²) in [5.74, 6) is 1.44. The van der Waals surface area contributed by atoms with Gasteiger partial charge in [0.1, 0.15) is 16.8 Å². The molecule has 1 aromatic carbocycles. The van der Waals surface area contributed by atoms with Crippen LogP contribution in [-0.4, -0.2) is 19.7 Å². The van der Waals surface area contributed by atoms with Gasteiger partial charge < -0.3 is 5.32 Å². The maximum absolute atomic E-state index is 6.05. The van der Waals surface area contributed by atoms with Crippen LogP contribution >= 0.6 is 11.6 Å². The zero-order valence-corrected chi connectivity index (χ0v) is 14.9. The molecule has 0 fully saturated rings. The van der Waals surface area contributed by atoms with Crippen LogP contribution in [0.4, 0.5) is 5.82 Å². The molecule has 25 heavy (non-hydrogen) atoms. The van der Waals surface area contributed by atoms with E-state index in [0.717, 1.165) is 31.6 Å². The van der Waals surface area contributed by atoms with E-state index in [4.69, 9.17) is 11.6 Å². The second-order valence-corrected chi connectivity index (χ2v) is 6.79. The SMILES string of the molecule is Cc1nc(Cl)cc(NC2CCCc3c2cnn3Cc2ccccc2)n1. The second kappa shape index (κ2) is 6.84. The minimum atomic E-state index is 0.207. The second-order valence-electron chi connectivity index (χ2n) is 6.40. The van der Waals surface area contributed by atoms with Crippen LogP contribution in [0.5, 0.6) is 0 Å². The number of fused-ring (bicyclic) bond motifs is 1. The quantitative estimate of drug-likeness (QED) is 0.715. The fraction of sp³-hybridized carbons (Fsp3) is 0.316. The van der Waals surface area contributed by atoms with E-state index in [2.05, 4.69) is 49.3 Å². The highest BCUT2D eigenvalue weighted by Gasteiger charge is 2.24. The van der Waals surface area contributed by atoms with Crippen LogP contribution in [0.15, 0.2) is 42.6 Å². The molecule has 2 heterocycles. The Bertz CT molecular complexity index is 855. The Labute approximate surface area is 152 Å². The number of benzene rings is 1. The van der Waals surface area contributed by atoms with Crippen LogP contribution < -0.4 is 5.32 Å². The first kappa shape index (κ1) is 16.1. The Balaban J connectivity index is 1.58. The molecule has 4 rings (SSSR count). The summed E-state index contributed by atoms with van der Waals surface area (Å²) in [4.78, 5) is 8.56. The number of aryl methyl sites for hydroxylation is 1. The minimum Gasteiger partial charge on any atom is -0.363 e. The first-order valence-electron chi connectivity index (χ1n) is 8.55. The summed E-state index contributed by atoms with van der Waals surface area (Å²) in [6.07, 6.45) is 5.24. The molecule has 1 unspecified atom stereocenters. The molecule has 1 N–H and O–H groups in total. The van der Waals surface area contributed by atoms with Crippen molar-refractivity contribution in [2.24, 2.45) is 0 Å².